The van der Waals surface area contributed by atoms with Gasteiger partial charge in [0.15, 0.2) is 0 Å². The molecule has 3 heterocycles. The number of anilines is 1. The van der Waals surface area contributed by atoms with Crippen LogP contribution in [0.3, 0.4) is 0 Å². The van der Waals surface area contributed by atoms with Gasteiger partial charge in [-0.15, -0.1) is 0 Å². The van der Waals surface area contributed by atoms with Crippen molar-refractivity contribution in [3.8, 4) is 6.07 Å². The minimum Gasteiger partial charge on any atom is -0.355 e. The zero-order valence-electron chi connectivity index (χ0n) is 14.2. The summed E-state index contributed by atoms with van der Waals surface area (Å²) in [7, 11) is 1.90. The van der Waals surface area contributed by atoms with Crippen LogP contribution in [0.1, 0.15) is 23.5 Å². The van der Waals surface area contributed by atoms with Crippen molar-refractivity contribution in [3.05, 3.63) is 59.8 Å². The first kappa shape index (κ1) is 15.6. The molecule has 5 heteroatoms. The Hall–Kier alpha value is -2.87. The monoisotopic (exact) mass is 332 g/mol. The molecule has 0 N–H and O–H groups in total. The van der Waals surface area contributed by atoms with E-state index in [1.165, 1.54) is 5.56 Å². The summed E-state index contributed by atoms with van der Waals surface area (Å²) < 4.78 is 0. The van der Waals surface area contributed by atoms with Gasteiger partial charge in [-0.3, -0.25) is 4.79 Å². The number of nitrogens with zero attached hydrogens (tertiary/aromatic N) is 4. The molecule has 0 unspecified atom stereocenters. The van der Waals surface area contributed by atoms with Crippen molar-refractivity contribution in [2.75, 3.05) is 31.6 Å². The Bertz CT molecular complexity index is 827. The van der Waals surface area contributed by atoms with E-state index in [2.05, 4.69) is 28.1 Å². The highest BCUT2D eigenvalue weighted by Gasteiger charge is 2.56. The largest absolute Gasteiger partial charge is 0.355 e. The third kappa shape index (κ3) is 2.45. The van der Waals surface area contributed by atoms with E-state index in [9.17, 15) is 4.79 Å². The second-order valence-electron chi connectivity index (χ2n) is 6.99. The molecule has 1 aromatic heterocycles. The van der Waals surface area contributed by atoms with Gasteiger partial charge in [-0.1, -0.05) is 30.3 Å². The number of hydrogen-bond donors (Lipinski definition) is 0. The third-order valence-corrected chi connectivity index (χ3v) is 5.60. The molecule has 0 aliphatic carbocycles. The van der Waals surface area contributed by atoms with Gasteiger partial charge in [-0.2, -0.15) is 5.26 Å². The van der Waals surface area contributed by atoms with Crippen molar-refractivity contribution in [3.63, 3.8) is 0 Å². The Labute approximate surface area is 147 Å². The predicted molar refractivity (Wildman–Crippen MR) is 95.0 cm³/mol. The van der Waals surface area contributed by atoms with Crippen LogP contribution >= 0.6 is 0 Å². The van der Waals surface area contributed by atoms with Crippen LogP contribution in [0, 0.1) is 16.7 Å². The van der Waals surface area contributed by atoms with Gasteiger partial charge in [0.05, 0.1) is 11.0 Å². The van der Waals surface area contributed by atoms with E-state index in [1.54, 1.807) is 12.3 Å². The van der Waals surface area contributed by atoms with Crippen LogP contribution in [0.2, 0.25) is 0 Å². The highest BCUT2D eigenvalue weighted by molar-refractivity contribution is 5.88. The number of benzene rings is 1. The molecule has 2 aromatic rings. The fourth-order valence-corrected chi connectivity index (χ4v) is 4.30. The second kappa shape index (κ2) is 5.89. The van der Waals surface area contributed by atoms with Crippen LogP contribution < -0.4 is 4.90 Å². The molecule has 1 aromatic carbocycles. The number of aromatic nitrogens is 1. The third-order valence-electron chi connectivity index (χ3n) is 5.60. The molecule has 2 saturated heterocycles. The van der Waals surface area contributed by atoms with Crippen LogP contribution in [0.15, 0.2) is 48.7 Å². The normalized spacial score (nSPS) is 25.6. The zero-order chi connectivity index (χ0) is 17.4. The van der Waals surface area contributed by atoms with Gasteiger partial charge in [0.2, 0.25) is 5.91 Å². The first-order chi connectivity index (χ1) is 12.1. The first-order valence-electron chi connectivity index (χ1n) is 8.56. The number of nitriles is 1. The lowest BCUT2D eigenvalue weighted by Gasteiger charge is -2.29. The summed E-state index contributed by atoms with van der Waals surface area (Å²) in [6.07, 6.45) is 2.43. The molecular weight excluding hydrogens is 312 g/mol. The van der Waals surface area contributed by atoms with E-state index in [1.807, 2.05) is 36.2 Å². The van der Waals surface area contributed by atoms with E-state index in [4.69, 9.17) is 5.26 Å². The zero-order valence-corrected chi connectivity index (χ0v) is 14.2. The van der Waals surface area contributed by atoms with E-state index < -0.39 is 0 Å². The van der Waals surface area contributed by atoms with Crippen molar-refractivity contribution in [1.29, 1.82) is 5.26 Å². The Morgan fingerprint density at radius 3 is 2.72 bits per heavy atom. The molecule has 0 bridgehead atoms. The summed E-state index contributed by atoms with van der Waals surface area (Å²) in [4.78, 5) is 21.5. The topological polar surface area (TPSA) is 60.2 Å². The predicted octanol–water partition coefficient (Wildman–Crippen LogP) is 2.41. The Kier molecular flexibility index (Phi) is 3.69. The Morgan fingerprint density at radius 1 is 1.24 bits per heavy atom. The SMILES string of the molecule is CN1C[C@@H](c2ccccc2)[C@@]2(CCN(c3ccc(C#N)cn3)C2)C1=O. The molecule has 2 aliphatic heterocycles. The molecule has 5 nitrogen and oxygen atoms in total. The molecule has 1 amide bonds. The quantitative estimate of drug-likeness (QED) is 0.847. The second-order valence-corrected chi connectivity index (χ2v) is 6.99. The highest BCUT2D eigenvalue weighted by Crippen LogP contribution is 2.50. The average Bonchev–Trinajstić information content (AvgIpc) is 3.21. The maximum absolute atomic E-state index is 13.0. The minimum absolute atomic E-state index is 0.203. The van der Waals surface area contributed by atoms with Crippen LogP contribution in [0.5, 0.6) is 0 Å². The van der Waals surface area contributed by atoms with Crippen LogP contribution in [-0.2, 0) is 4.79 Å². The van der Waals surface area contributed by atoms with Gasteiger partial charge in [0.25, 0.3) is 0 Å². The molecule has 2 atom stereocenters. The van der Waals surface area contributed by atoms with Crippen molar-refractivity contribution in [2.45, 2.75) is 12.3 Å². The van der Waals surface area contributed by atoms with Crippen LogP contribution in [0.25, 0.3) is 0 Å². The van der Waals surface area contributed by atoms with E-state index in [0.29, 0.717) is 12.1 Å². The lowest BCUT2D eigenvalue weighted by molar-refractivity contribution is -0.134. The number of likely N-dealkylation sites (tertiary alicyclic amines) is 1. The molecule has 1 spiro atoms. The number of rotatable bonds is 2. The summed E-state index contributed by atoms with van der Waals surface area (Å²) in [5.41, 5.74) is 1.40. The lowest BCUT2D eigenvalue weighted by atomic mass is 9.73. The van der Waals surface area contributed by atoms with Gasteiger partial charge in [-0.05, 0) is 24.1 Å². The van der Waals surface area contributed by atoms with Gasteiger partial charge >= 0.3 is 0 Å². The van der Waals surface area contributed by atoms with Crippen LogP contribution in [-0.4, -0.2) is 42.5 Å². The summed E-state index contributed by atoms with van der Waals surface area (Å²) in [6, 6.07) is 16.1. The van der Waals surface area contributed by atoms with Gasteiger partial charge in [0.1, 0.15) is 11.9 Å². The van der Waals surface area contributed by atoms with Crippen molar-refractivity contribution < 1.29 is 4.79 Å². The average molecular weight is 332 g/mol. The summed E-state index contributed by atoms with van der Waals surface area (Å²) in [6.45, 7) is 2.24. The minimum atomic E-state index is -0.383. The molecule has 2 aliphatic rings. The number of amides is 1. The molecule has 0 radical (unpaired) electrons. The molecule has 0 saturated carbocycles. The van der Waals surface area contributed by atoms with Gasteiger partial charge in [-0.25, -0.2) is 4.98 Å². The van der Waals surface area contributed by atoms with E-state index in [0.717, 1.165) is 25.3 Å². The number of carbonyl (C=O) groups excluding carboxylic acids is 1. The van der Waals surface area contributed by atoms with Gasteiger partial charge < -0.3 is 9.80 Å². The Morgan fingerprint density at radius 2 is 2.04 bits per heavy atom. The molecule has 2 fully saturated rings. The van der Waals surface area contributed by atoms with E-state index in [-0.39, 0.29) is 17.2 Å². The standard InChI is InChI=1S/C20H20N4O/c1-23-13-17(16-5-3-2-4-6-16)20(19(23)25)9-10-24(14-20)18-8-7-15(11-21)12-22-18/h2-8,12,17H,9-10,13-14H2,1H3/t17-,20-/m0/s1. The van der Waals surface area contributed by atoms with Gasteiger partial charge in [0, 0.05) is 38.8 Å². The highest BCUT2D eigenvalue weighted by atomic mass is 16.2. The molecule has 126 valence electrons. The summed E-state index contributed by atoms with van der Waals surface area (Å²) in [5, 5.41) is 8.93. The summed E-state index contributed by atoms with van der Waals surface area (Å²) >= 11 is 0. The van der Waals surface area contributed by atoms with Crippen molar-refractivity contribution >= 4 is 11.7 Å². The Balaban J connectivity index is 1.65. The maximum Gasteiger partial charge on any atom is 0.231 e. The van der Waals surface area contributed by atoms with Crippen LogP contribution in [0.4, 0.5) is 5.82 Å². The van der Waals surface area contributed by atoms with E-state index >= 15 is 0 Å². The number of pyridine rings is 1. The smallest absolute Gasteiger partial charge is 0.231 e. The molecule has 4 rings (SSSR count). The first-order valence-corrected chi connectivity index (χ1v) is 8.56. The number of hydrogen-bond acceptors (Lipinski definition) is 4. The molecule has 25 heavy (non-hydrogen) atoms. The number of likely N-dealkylation sites (N-methyl/N-ethyl adjacent to an activating group) is 1. The maximum atomic E-state index is 13.0. The van der Waals surface area contributed by atoms with Crippen molar-refractivity contribution in [2.24, 2.45) is 5.41 Å². The van der Waals surface area contributed by atoms with Crippen molar-refractivity contribution in [1.82, 2.24) is 9.88 Å². The lowest BCUT2D eigenvalue weighted by Crippen LogP contribution is -2.38. The summed E-state index contributed by atoms with van der Waals surface area (Å²) in [5.74, 6) is 1.28. The fourth-order valence-electron chi connectivity index (χ4n) is 4.30. The number of carbonyl (C=O) groups is 1. The fraction of sp³-hybridized carbons (Fsp3) is 0.350. The molecular formula is C20H20N4O.